The standard InChI is InChI=1S/C20H20N4OS/c1-14(12-16-8-4-3-5-9-16)13-21-24-19(25)15(2)22-20-23-17-10-6-7-11-18(17)26-20/h3-13,15H,1-2H3,(H,22,23)(H,24,25)/b14-12+,21-13-/t15-/m1/s1. The van der Waals surface area contributed by atoms with Crippen LogP contribution in [-0.2, 0) is 4.79 Å². The Morgan fingerprint density at radius 1 is 1.15 bits per heavy atom. The molecule has 6 heteroatoms. The molecule has 0 spiro atoms. The number of allylic oxidation sites excluding steroid dienone is 1. The van der Waals surface area contributed by atoms with E-state index in [1.807, 2.05) is 67.6 Å². The lowest BCUT2D eigenvalue weighted by Crippen LogP contribution is -2.34. The second-order valence-corrected chi connectivity index (χ2v) is 6.92. The number of hydrazone groups is 1. The van der Waals surface area contributed by atoms with Gasteiger partial charge in [-0.3, -0.25) is 4.79 Å². The number of aromatic nitrogens is 1. The lowest BCUT2D eigenvalue weighted by molar-refractivity contribution is -0.121. The molecular weight excluding hydrogens is 344 g/mol. The summed E-state index contributed by atoms with van der Waals surface area (Å²) >= 11 is 1.52. The second-order valence-electron chi connectivity index (χ2n) is 5.89. The van der Waals surface area contributed by atoms with Gasteiger partial charge in [-0.05, 0) is 37.1 Å². The van der Waals surface area contributed by atoms with E-state index in [-0.39, 0.29) is 5.91 Å². The number of benzene rings is 2. The molecule has 1 atom stereocenters. The zero-order valence-corrected chi connectivity index (χ0v) is 15.5. The number of amides is 1. The number of rotatable bonds is 6. The van der Waals surface area contributed by atoms with Crippen molar-refractivity contribution in [2.45, 2.75) is 19.9 Å². The molecule has 26 heavy (non-hydrogen) atoms. The Morgan fingerprint density at radius 3 is 2.65 bits per heavy atom. The molecule has 0 saturated carbocycles. The fraction of sp³-hybridized carbons (Fsp3) is 0.150. The topological polar surface area (TPSA) is 66.4 Å². The molecule has 1 heterocycles. The van der Waals surface area contributed by atoms with Crippen molar-refractivity contribution < 1.29 is 4.79 Å². The lowest BCUT2D eigenvalue weighted by Gasteiger charge is -2.10. The summed E-state index contributed by atoms with van der Waals surface area (Å²) in [7, 11) is 0. The Kier molecular flexibility index (Phi) is 5.76. The van der Waals surface area contributed by atoms with Crippen molar-refractivity contribution in [3.63, 3.8) is 0 Å². The van der Waals surface area contributed by atoms with E-state index in [0.717, 1.165) is 26.5 Å². The fourth-order valence-electron chi connectivity index (χ4n) is 2.33. The van der Waals surface area contributed by atoms with Crippen molar-refractivity contribution in [3.8, 4) is 0 Å². The normalized spacial score (nSPS) is 13.1. The van der Waals surface area contributed by atoms with E-state index in [4.69, 9.17) is 0 Å². The van der Waals surface area contributed by atoms with Crippen LogP contribution < -0.4 is 10.7 Å². The number of nitrogens with zero attached hydrogens (tertiary/aromatic N) is 2. The van der Waals surface area contributed by atoms with Gasteiger partial charge in [-0.1, -0.05) is 59.9 Å². The number of anilines is 1. The van der Waals surface area contributed by atoms with Crippen molar-refractivity contribution in [2.75, 3.05) is 5.32 Å². The van der Waals surface area contributed by atoms with Gasteiger partial charge < -0.3 is 5.32 Å². The van der Waals surface area contributed by atoms with Gasteiger partial charge in [0, 0.05) is 0 Å². The molecule has 5 nitrogen and oxygen atoms in total. The van der Waals surface area contributed by atoms with Gasteiger partial charge in [-0.15, -0.1) is 0 Å². The monoisotopic (exact) mass is 364 g/mol. The van der Waals surface area contributed by atoms with Crippen LogP contribution in [0.5, 0.6) is 0 Å². The van der Waals surface area contributed by atoms with E-state index in [1.54, 1.807) is 13.1 Å². The first kappa shape index (κ1) is 17.8. The molecule has 132 valence electrons. The first-order valence-electron chi connectivity index (χ1n) is 8.30. The fourth-order valence-corrected chi connectivity index (χ4v) is 3.28. The third kappa shape index (κ3) is 4.77. The molecule has 2 N–H and O–H groups in total. The quantitative estimate of drug-likeness (QED) is 0.506. The molecule has 0 saturated heterocycles. The zero-order chi connectivity index (χ0) is 18.4. The molecule has 3 rings (SSSR count). The number of para-hydroxylation sites is 1. The minimum absolute atomic E-state index is 0.215. The highest BCUT2D eigenvalue weighted by Crippen LogP contribution is 2.25. The molecule has 2 aromatic carbocycles. The van der Waals surface area contributed by atoms with E-state index in [1.165, 1.54) is 11.3 Å². The predicted octanol–water partition coefficient (Wildman–Crippen LogP) is 4.30. The van der Waals surface area contributed by atoms with E-state index in [2.05, 4.69) is 20.8 Å². The van der Waals surface area contributed by atoms with Crippen molar-refractivity contribution in [1.82, 2.24) is 10.4 Å². The maximum Gasteiger partial charge on any atom is 0.262 e. The highest BCUT2D eigenvalue weighted by Gasteiger charge is 2.13. The summed E-state index contributed by atoms with van der Waals surface area (Å²) in [6.45, 7) is 3.72. The zero-order valence-electron chi connectivity index (χ0n) is 14.6. The molecule has 3 aromatic rings. The lowest BCUT2D eigenvalue weighted by atomic mass is 10.1. The smallest absolute Gasteiger partial charge is 0.262 e. The van der Waals surface area contributed by atoms with E-state index >= 15 is 0 Å². The Balaban J connectivity index is 1.54. The van der Waals surface area contributed by atoms with Crippen LogP contribution in [0.3, 0.4) is 0 Å². The Labute approximate surface area is 156 Å². The van der Waals surface area contributed by atoms with Crippen LogP contribution in [0.2, 0.25) is 0 Å². The van der Waals surface area contributed by atoms with Crippen molar-refractivity contribution in [1.29, 1.82) is 0 Å². The van der Waals surface area contributed by atoms with Crippen LogP contribution in [-0.4, -0.2) is 23.1 Å². The van der Waals surface area contributed by atoms with Crippen LogP contribution in [0.4, 0.5) is 5.13 Å². The minimum atomic E-state index is -0.439. The Hall–Kier alpha value is -2.99. The number of carbonyl (C=O) groups is 1. The first-order chi connectivity index (χ1) is 12.6. The van der Waals surface area contributed by atoms with E-state index in [9.17, 15) is 4.79 Å². The van der Waals surface area contributed by atoms with E-state index < -0.39 is 6.04 Å². The van der Waals surface area contributed by atoms with Crippen LogP contribution >= 0.6 is 11.3 Å². The molecule has 1 aromatic heterocycles. The van der Waals surface area contributed by atoms with E-state index in [0.29, 0.717) is 0 Å². The summed E-state index contributed by atoms with van der Waals surface area (Å²) < 4.78 is 1.09. The molecule has 0 aliphatic heterocycles. The summed E-state index contributed by atoms with van der Waals surface area (Å²) in [5, 5.41) is 7.86. The molecule has 0 radical (unpaired) electrons. The third-order valence-electron chi connectivity index (χ3n) is 3.66. The maximum absolute atomic E-state index is 12.2. The summed E-state index contributed by atoms with van der Waals surface area (Å²) in [6.07, 6.45) is 3.63. The largest absolute Gasteiger partial charge is 0.350 e. The molecule has 0 fully saturated rings. The average Bonchev–Trinajstić information content (AvgIpc) is 3.04. The summed E-state index contributed by atoms with van der Waals surface area (Å²) in [5.41, 5.74) is 5.52. The number of nitrogens with one attached hydrogen (secondary N) is 2. The Bertz CT molecular complexity index is 914. The van der Waals surface area contributed by atoms with Gasteiger partial charge in [0.05, 0.1) is 16.4 Å². The van der Waals surface area contributed by atoms with Gasteiger partial charge >= 0.3 is 0 Å². The highest BCUT2D eigenvalue weighted by molar-refractivity contribution is 7.22. The van der Waals surface area contributed by atoms with Gasteiger partial charge in [0.15, 0.2) is 5.13 Å². The number of hydrogen-bond acceptors (Lipinski definition) is 5. The van der Waals surface area contributed by atoms with Crippen molar-refractivity contribution in [3.05, 3.63) is 65.7 Å². The van der Waals surface area contributed by atoms with Crippen LogP contribution in [0, 0.1) is 0 Å². The number of thiazole rings is 1. The van der Waals surface area contributed by atoms with Crippen LogP contribution in [0.1, 0.15) is 19.4 Å². The second kappa shape index (κ2) is 8.40. The maximum atomic E-state index is 12.2. The number of hydrogen-bond donors (Lipinski definition) is 2. The summed E-state index contributed by atoms with van der Waals surface area (Å²) in [4.78, 5) is 16.6. The highest BCUT2D eigenvalue weighted by atomic mass is 32.1. The molecule has 0 aliphatic rings. The molecule has 0 unspecified atom stereocenters. The third-order valence-corrected chi connectivity index (χ3v) is 4.63. The molecule has 1 amide bonds. The predicted molar refractivity (Wildman–Crippen MR) is 109 cm³/mol. The Morgan fingerprint density at radius 2 is 1.88 bits per heavy atom. The summed E-state index contributed by atoms with van der Waals surface area (Å²) in [5.74, 6) is -0.215. The van der Waals surface area contributed by atoms with Gasteiger partial charge in [0.25, 0.3) is 5.91 Å². The molecule has 0 aliphatic carbocycles. The van der Waals surface area contributed by atoms with Crippen LogP contribution in [0.15, 0.2) is 65.3 Å². The van der Waals surface area contributed by atoms with Gasteiger partial charge in [0.1, 0.15) is 6.04 Å². The first-order valence-corrected chi connectivity index (χ1v) is 9.12. The number of fused-ring (bicyclic) bond motifs is 1. The van der Waals surface area contributed by atoms with Crippen molar-refractivity contribution in [2.24, 2.45) is 5.10 Å². The van der Waals surface area contributed by atoms with Crippen molar-refractivity contribution >= 4 is 44.9 Å². The SMILES string of the molecule is CC(/C=N\NC(=O)[C@@H](C)Nc1nc2ccccc2s1)=C\c1ccccc1. The number of carbonyl (C=O) groups excluding carboxylic acids is 1. The van der Waals surface area contributed by atoms with Gasteiger partial charge in [-0.2, -0.15) is 5.10 Å². The summed E-state index contributed by atoms with van der Waals surface area (Å²) in [6, 6.07) is 17.4. The van der Waals surface area contributed by atoms with Gasteiger partial charge in [0.2, 0.25) is 0 Å². The minimum Gasteiger partial charge on any atom is -0.350 e. The van der Waals surface area contributed by atoms with Crippen LogP contribution in [0.25, 0.3) is 16.3 Å². The molecule has 0 bridgehead atoms. The molecular formula is C20H20N4OS. The average molecular weight is 364 g/mol. The van der Waals surface area contributed by atoms with Gasteiger partial charge in [-0.25, -0.2) is 10.4 Å².